The molecule has 0 spiro atoms. The number of methoxy groups -OCH3 is 1. The van der Waals surface area contributed by atoms with E-state index in [0.717, 1.165) is 21.5 Å². The molecule has 0 fully saturated rings. The van der Waals surface area contributed by atoms with Gasteiger partial charge < -0.3 is 10.1 Å². The molecule has 112 valence electrons. The summed E-state index contributed by atoms with van der Waals surface area (Å²) in [6.45, 7) is 0.388. The number of nitrogens with zero attached hydrogens (tertiary/aromatic N) is 1. The quantitative estimate of drug-likeness (QED) is 0.788. The van der Waals surface area contributed by atoms with Crippen molar-refractivity contribution >= 4 is 39.1 Å². The third kappa shape index (κ3) is 3.05. The predicted molar refractivity (Wildman–Crippen MR) is 88.8 cm³/mol. The van der Waals surface area contributed by atoms with E-state index in [4.69, 9.17) is 16.3 Å². The molecule has 3 rings (SSSR count). The zero-order chi connectivity index (χ0) is 15.5. The molecule has 1 amide bonds. The number of carbonyl (C=O) groups is 1. The highest BCUT2D eigenvalue weighted by Crippen LogP contribution is 2.25. The second-order valence-corrected chi connectivity index (χ2v) is 6.09. The zero-order valence-electron chi connectivity index (χ0n) is 11.8. The number of amides is 1. The summed E-state index contributed by atoms with van der Waals surface area (Å²) in [5.74, 6) is 0.544. The fraction of sp³-hybridized carbons (Fsp3) is 0.125. The smallest absolute Gasteiger partial charge is 0.280 e. The maximum atomic E-state index is 12.2. The molecule has 22 heavy (non-hydrogen) atoms. The number of aromatic nitrogens is 1. The minimum atomic E-state index is -0.205. The summed E-state index contributed by atoms with van der Waals surface area (Å²) in [7, 11) is 1.61. The number of thiazole rings is 1. The molecule has 0 bridgehead atoms. The van der Waals surface area contributed by atoms with Gasteiger partial charge in [-0.15, -0.1) is 11.3 Å². The minimum absolute atomic E-state index is 0.205. The summed E-state index contributed by atoms with van der Waals surface area (Å²) in [6, 6.07) is 13.0. The molecule has 0 unspecified atom stereocenters. The second kappa shape index (κ2) is 6.34. The first kappa shape index (κ1) is 14.8. The van der Waals surface area contributed by atoms with E-state index in [9.17, 15) is 4.79 Å². The van der Waals surface area contributed by atoms with Crippen molar-refractivity contribution in [1.29, 1.82) is 0 Å². The van der Waals surface area contributed by atoms with Crippen LogP contribution < -0.4 is 10.1 Å². The number of ether oxygens (including phenoxy) is 1. The second-order valence-electron chi connectivity index (χ2n) is 4.63. The van der Waals surface area contributed by atoms with Crippen molar-refractivity contribution in [2.75, 3.05) is 7.11 Å². The van der Waals surface area contributed by atoms with Crippen LogP contribution in [0.3, 0.4) is 0 Å². The largest absolute Gasteiger partial charge is 0.496 e. The van der Waals surface area contributed by atoms with E-state index in [2.05, 4.69) is 10.3 Å². The Labute approximate surface area is 136 Å². The molecule has 0 saturated heterocycles. The van der Waals surface area contributed by atoms with E-state index in [1.807, 2.05) is 30.3 Å². The highest BCUT2D eigenvalue weighted by Gasteiger charge is 2.13. The van der Waals surface area contributed by atoms with Crippen LogP contribution in [0.2, 0.25) is 5.02 Å². The molecule has 4 nitrogen and oxygen atoms in total. The van der Waals surface area contributed by atoms with E-state index in [0.29, 0.717) is 16.6 Å². The molecule has 1 N–H and O–H groups in total. The van der Waals surface area contributed by atoms with E-state index < -0.39 is 0 Å². The predicted octanol–water partition coefficient (Wildman–Crippen LogP) is 3.89. The first-order valence-electron chi connectivity index (χ1n) is 6.63. The highest BCUT2D eigenvalue weighted by molar-refractivity contribution is 7.20. The van der Waals surface area contributed by atoms with Crippen LogP contribution in [0.25, 0.3) is 10.2 Å². The Bertz CT molecular complexity index is 832. The summed E-state index contributed by atoms with van der Waals surface area (Å²) in [5, 5.41) is 3.89. The standard InChI is InChI=1S/C16H13ClN2O2S/c1-21-13-5-3-2-4-10(13)9-18-15(20)16-19-12-8-11(17)6-7-14(12)22-16/h2-8H,9H2,1H3,(H,18,20). The van der Waals surface area contributed by atoms with Crippen LogP contribution in [0.4, 0.5) is 0 Å². The van der Waals surface area contributed by atoms with Gasteiger partial charge in [0.05, 0.1) is 17.3 Å². The number of nitrogens with one attached hydrogen (secondary N) is 1. The van der Waals surface area contributed by atoms with Gasteiger partial charge in [-0.05, 0) is 24.3 Å². The highest BCUT2D eigenvalue weighted by atomic mass is 35.5. The number of benzene rings is 2. The lowest BCUT2D eigenvalue weighted by molar-refractivity contribution is 0.0950. The Balaban J connectivity index is 1.76. The number of carbonyl (C=O) groups excluding carboxylic acids is 1. The lowest BCUT2D eigenvalue weighted by Crippen LogP contribution is -2.22. The van der Waals surface area contributed by atoms with Crippen molar-refractivity contribution in [3.8, 4) is 5.75 Å². The number of hydrogen-bond acceptors (Lipinski definition) is 4. The Morgan fingerprint density at radius 3 is 2.95 bits per heavy atom. The van der Waals surface area contributed by atoms with Gasteiger partial charge in [-0.2, -0.15) is 0 Å². The summed E-state index contributed by atoms with van der Waals surface area (Å²) in [6.07, 6.45) is 0. The topological polar surface area (TPSA) is 51.2 Å². The molecule has 0 aliphatic carbocycles. The van der Waals surface area contributed by atoms with Gasteiger partial charge in [0.2, 0.25) is 0 Å². The van der Waals surface area contributed by atoms with Crippen LogP contribution in [0, 0.1) is 0 Å². The number of halogens is 1. The number of para-hydroxylation sites is 1. The number of hydrogen-bond donors (Lipinski definition) is 1. The van der Waals surface area contributed by atoms with Crippen LogP contribution in [0.1, 0.15) is 15.4 Å². The fourth-order valence-electron chi connectivity index (χ4n) is 2.10. The van der Waals surface area contributed by atoms with Crippen molar-refractivity contribution in [1.82, 2.24) is 10.3 Å². The third-order valence-electron chi connectivity index (χ3n) is 3.18. The van der Waals surface area contributed by atoms with Crippen LogP contribution in [0.15, 0.2) is 42.5 Å². The molecule has 0 radical (unpaired) electrons. The molecule has 3 aromatic rings. The molecule has 0 aliphatic rings. The molecule has 2 aromatic carbocycles. The third-order valence-corrected chi connectivity index (χ3v) is 4.45. The SMILES string of the molecule is COc1ccccc1CNC(=O)c1nc2cc(Cl)ccc2s1. The van der Waals surface area contributed by atoms with Gasteiger partial charge >= 0.3 is 0 Å². The van der Waals surface area contributed by atoms with Crippen molar-refractivity contribution in [3.63, 3.8) is 0 Å². The summed E-state index contributed by atoms with van der Waals surface area (Å²) in [5.41, 5.74) is 1.66. The van der Waals surface area contributed by atoms with Gasteiger partial charge in [-0.1, -0.05) is 29.8 Å². The van der Waals surface area contributed by atoms with Gasteiger partial charge in [0.15, 0.2) is 5.01 Å². The van der Waals surface area contributed by atoms with E-state index >= 15 is 0 Å². The average molecular weight is 333 g/mol. The summed E-state index contributed by atoms with van der Waals surface area (Å²) in [4.78, 5) is 16.6. The van der Waals surface area contributed by atoms with E-state index in [1.54, 1.807) is 19.2 Å². The van der Waals surface area contributed by atoms with Gasteiger partial charge in [-0.3, -0.25) is 4.79 Å². The molecule has 1 aromatic heterocycles. The lowest BCUT2D eigenvalue weighted by atomic mass is 10.2. The maximum Gasteiger partial charge on any atom is 0.280 e. The first-order chi connectivity index (χ1) is 10.7. The molecule has 0 atom stereocenters. The van der Waals surface area contributed by atoms with Crippen molar-refractivity contribution < 1.29 is 9.53 Å². The van der Waals surface area contributed by atoms with Crippen LogP contribution in [-0.4, -0.2) is 18.0 Å². The molecule has 0 saturated carbocycles. The normalized spacial score (nSPS) is 10.6. The van der Waals surface area contributed by atoms with E-state index in [1.165, 1.54) is 11.3 Å². The van der Waals surface area contributed by atoms with E-state index in [-0.39, 0.29) is 5.91 Å². The monoisotopic (exact) mass is 332 g/mol. The lowest BCUT2D eigenvalue weighted by Gasteiger charge is -2.08. The van der Waals surface area contributed by atoms with Gasteiger partial charge in [0, 0.05) is 17.1 Å². The minimum Gasteiger partial charge on any atom is -0.496 e. The van der Waals surface area contributed by atoms with Crippen LogP contribution >= 0.6 is 22.9 Å². The van der Waals surface area contributed by atoms with Gasteiger partial charge in [0.25, 0.3) is 5.91 Å². The molecule has 1 heterocycles. The summed E-state index contributed by atoms with van der Waals surface area (Å²) < 4.78 is 6.20. The van der Waals surface area contributed by atoms with Crippen molar-refractivity contribution in [3.05, 3.63) is 58.1 Å². The Hall–Kier alpha value is -2.11. The molecular weight excluding hydrogens is 320 g/mol. The molecule has 6 heteroatoms. The Morgan fingerprint density at radius 1 is 1.32 bits per heavy atom. The average Bonchev–Trinajstić information content (AvgIpc) is 2.96. The molecule has 0 aliphatic heterocycles. The number of fused-ring (bicyclic) bond motifs is 1. The van der Waals surface area contributed by atoms with Crippen molar-refractivity contribution in [2.24, 2.45) is 0 Å². The summed E-state index contributed by atoms with van der Waals surface area (Å²) >= 11 is 7.28. The number of rotatable bonds is 4. The fourth-order valence-corrected chi connectivity index (χ4v) is 3.13. The first-order valence-corrected chi connectivity index (χ1v) is 7.83. The Morgan fingerprint density at radius 2 is 2.14 bits per heavy atom. The van der Waals surface area contributed by atoms with Gasteiger partial charge in [-0.25, -0.2) is 4.98 Å². The Kier molecular flexibility index (Phi) is 4.27. The molecular formula is C16H13ClN2O2S. The van der Waals surface area contributed by atoms with Crippen molar-refractivity contribution in [2.45, 2.75) is 6.54 Å². The van der Waals surface area contributed by atoms with Crippen LogP contribution in [0.5, 0.6) is 5.75 Å². The van der Waals surface area contributed by atoms with Gasteiger partial charge in [0.1, 0.15) is 5.75 Å². The zero-order valence-corrected chi connectivity index (χ0v) is 13.4. The van der Waals surface area contributed by atoms with Crippen LogP contribution in [-0.2, 0) is 6.54 Å². The maximum absolute atomic E-state index is 12.2.